The predicted octanol–water partition coefficient (Wildman–Crippen LogP) is -0.351. The van der Waals surface area contributed by atoms with Gasteiger partial charge >= 0.3 is 0 Å². The molecule has 0 radical (unpaired) electrons. The summed E-state index contributed by atoms with van der Waals surface area (Å²) in [5.41, 5.74) is 5.44. The third-order valence-electron chi connectivity index (χ3n) is 2.35. The second-order valence-corrected chi connectivity index (χ2v) is 3.26. The SMILES string of the molecule is NCCN1CC[C@H](CCO)C1. The van der Waals surface area contributed by atoms with Crippen molar-refractivity contribution in [3.63, 3.8) is 0 Å². The summed E-state index contributed by atoms with van der Waals surface area (Å²) in [5.74, 6) is 0.714. The first-order valence-corrected chi connectivity index (χ1v) is 4.40. The van der Waals surface area contributed by atoms with Crippen LogP contribution in [0.15, 0.2) is 0 Å². The van der Waals surface area contributed by atoms with Crippen LogP contribution in [0.3, 0.4) is 0 Å². The molecular weight excluding hydrogens is 140 g/mol. The van der Waals surface area contributed by atoms with E-state index in [2.05, 4.69) is 4.90 Å². The van der Waals surface area contributed by atoms with E-state index in [4.69, 9.17) is 10.8 Å². The lowest BCUT2D eigenvalue weighted by Crippen LogP contribution is -2.27. The Bertz CT molecular complexity index is 96.3. The second-order valence-electron chi connectivity index (χ2n) is 3.26. The van der Waals surface area contributed by atoms with Crippen LogP contribution in [0, 0.1) is 5.92 Å². The Balaban J connectivity index is 2.12. The Kier molecular flexibility index (Phi) is 3.83. The third-order valence-corrected chi connectivity index (χ3v) is 2.35. The first-order chi connectivity index (χ1) is 5.36. The molecular formula is C8H18N2O. The van der Waals surface area contributed by atoms with Crippen molar-refractivity contribution in [3.05, 3.63) is 0 Å². The van der Waals surface area contributed by atoms with Gasteiger partial charge in [-0.3, -0.25) is 0 Å². The molecule has 3 heteroatoms. The topological polar surface area (TPSA) is 49.5 Å². The summed E-state index contributed by atoms with van der Waals surface area (Å²) in [7, 11) is 0. The van der Waals surface area contributed by atoms with Gasteiger partial charge in [0.25, 0.3) is 0 Å². The van der Waals surface area contributed by atoms with Crippen LogP contribution in [0.1, 0.15) is 12.8 Å². The highest BCUT2D eigenvalue weighted by molar-refractivity contribution is 4.75. The molecule has 66 valence electrons. The van der Waals surface area contributed by atoms with Crippen molar-refractivity contribution in [3.8, 4) is 0 Å². The molecule has 1 atom stereocenters. The molecule has 0 amide bonds. The first kappa shape index (κ1) is 8.97. The average Bonchev–Trinajstić information content (AvgIpc) is 2.38. The minimum atomic E-state index is 0.334. The molecule has 0 bridgehead atoms. The zero-order valence-corrected chi connectivity index (χ0v) is 7.00. The molecule has 0 aromatic carbocycles. The molecule has 0 aliphatic carbocycles. The van der Waals surface area contributed by atoms with Crippen molar-refractivity contribution in [1.82, 2.24) is 4.90 Å². The lowest BCUT2D eigenvalue weighted by atomic mass is 10.1. The van der Waals surface area contributed by atoms with Crippen LogP contribution >= 0.6 is 0 Å². The third kappa shape index (κ3) is 2.77. The summed E-state index contributed by atoms with van der Waals surface area (Å²) in [6.07, 6.45) is 2.20. The van der Waals surface area contributed by atoms with E-state index >= 15 is 0 Å². The minimum Gasteiger partial charge on any atom is -0.396 e. The highest BCUT2D eigenvalue weighted by Crippen LogP contribution is 2.17. The molecule has 1 rings (SSSR count). The van der Waals surface area contributed by atoms with E-state index in [-0.39, 0.29) is 0 Å². The van der Waals surface area contributed by atoms with Crippen LogP contribution in [0.5, 0.6) is 0 Å². The molecule has 0 aromatic rings. The molecule has 1 heterocycles. The molecule has 0 aromatic heterocycles. The van der Waals surface area contributed by atoms with Gasteiger partial charge < -0.3 is 15.7 Å². The fourth-order valence-corrected chi connectivity index (χ4v) is 1.72. The van der Waals surface area contributed by atoms with Crippen molar-refractivity contribution in [1.29, 1.82) is 0 Å². The molecule has 1 aliphatic rings. The Labute approximate surface area is 68.2 Å². The van der Waals surface area contributed by atoms with E-state index in [1.165, 1.54) is 13.0 Å². The number of likely N-dealkylation sites (tertiary alicyclic amines) is 1. The Morgan fingerprint density at radius 2 is 2.36 bits per heavy atom. The number of aliphatic hydroxyl groups is 1. The van der Waals surface area contributed by atoms with E-state index in [1.54, 1.807) is 0 Å². The van der Waals surface area contributed by atoms with Gasteiger partial charge in [0.2, 0.25) is 0 Å². The van der Waals surface area contributed by atoms with E-state index in [9.17, 15) is 0 Å². The first-order valence-electron chi connectivity index (χ1n) is 4.40. The van der Waals surface area contributed by atoms with Crippen LogP contribution in [-0.2, 0) is 0 Å². The minimum absolute atomic E-state index is 0.334. The van der Waals surface area contributed by atoms with Crippen molar-refractivity contribution < 1.29 is 5.11 Å². The Morgan fingerprint density at radius 3 is 3.00 bits per heavy atom. The summed E-state index contributed by atoms with van der Waals surface area (Å²) in [5, 5.41) is 8.70. The highest BCUT2D eigenvalue weighted by Gasteiger charge is 2.20. The van der Waals surface area contributed by atoms with Gasteiger partial charge in [-0.1, -0.05) is 0 Å². The second kappa shape index (κ2) is 4.70. The number of nitrogens with zero attached hydrogens (tertiary/aromatic N) is 1. The fraction of sp³-hybridized carbons (Fsp3) is 1.00. The maximum Gasteiger partial charge on any atom is 0.0434 e. The normalized spacial score (nSPS) is 26.2. The van der Waals surface area contributed by atoms with Gasteiger partial charge in [0.05, 0.1) is 0 Å². The van der Waals surface area contributed by atoms with Crippen LogP contribution in [0.25, 0.3) is 0 Å². The van der Waals surface area contributed by atoms with Crippen LogP contribution in [0.2, 0.25) is 0 Å². The summed E-state index contributed by atoms with van der Waals surface area (Å²) in [6.45, 7) is 4.41. The van der Waals surface area contributed by atoms with Gasteiger partial charge in [0.15, 0.2) is 0 Å². The van der Waals surface area contributed by atoms with Gasteiger partial charge in [0, 0.05) is 26.2 Å². The average molecular weight is 158 g/mol. The molecule has 3 N–H and O–H groups in total. The Morgan fingerprint density at radius 1 is 1.55 bits per heavy atom. The maximum absolute atomic E-state index is 8.70. The van der Waals surface area contributed by atoms with E-state index in [0.717, 1.165) is 26.1 Å². The summed E-state index contributed by atoms with van der Waals surface area (Å²) in [4.78, 5) is 2.38. The maximum atomic E-state index is 8.70. The number of aliphatic hydroxyl groups excluding tert-OH is 1. The van der Waals surface area contributed by atoms with Gasteiger partial charge in [-0.15, -0.1) is 0 Å². The van der Waals surface area contributed by atoms with Crippen LogP contribution in [0.4, 0.5) is 0 Å². The molecule has 1 saturated heterocycles. The van der Waals surface area contributed by atoms with Crippen LogP contribution in [-0.4, -0.2) is 42.8 Å². The smallest absolute Gasteiger partial charge is 0.0434 e. The van der Waals surface area contributed by atoms with E-state index < -0.39 is 0 Å². The van der Waals surface area contributed by atoms with Crippen molar-refractivity contribution in [2.24, 2.45) is 11.7 Å². The van der Waals surface area contributed by atoms with Crippen molar-refractivity contribution in [2.75, 3.05) is 32.8 Å². The lowest BCUT2D eigenvalue weighted by molar-refractivity contribution is 0.252. The standard InChI is InChI=1S/C8H18N2O/c9-3-5-10-4-1-8(7-10)2-6-11/h8,11H,1-7,9H2/t8-/m1/s1. The van der Waals surface area contributed by atoms with Crippen molar-refractivity contribution >= 4 is 0 Å². The van der Waals surface area contributed by atoms with E-state index in [1.807, 2.05) is 0 Å². The summed E-state index contributed by atoms with van der Waals surface area (Å²) < 4.78 is 0. The molecule has 11 heavy (non-hydrogen) atoms. The number of rotatable bonds is 4. The monoisotopic (exact) mass is 158 g/mol. The summed E-state index contributed by atoms with van der Waals surface area (Å²) in [6, 6.07) is 0. The molecule has 0 saturated carbocycles. The van der Waals surface area contributed by atoms with Gasteiger partial charge in [-0.2, -0.15) is 0 Å². The summed E-state index contributed by atoms with van der Waals surface area (Å²) >= 11 is 0. The highest BCUT2D eigenvalue weighted by atomic mass is 16.3. The zero-order chi connectivity index (χ0) is 8.10. The fourth-order valence-electron chi connectivity index (χ4n) is 1.72. The molecule has 1 aliphatic heterocycles. The quantitative estimate of drug-likeness (QED) is 0.588. The van der Waals surface area contributed by atoms with Crippen LogP contribution < -0.4 is 5.73 Å². The molecule has 1 fully saturated rings. The van der Waals surface area contributed by atoms with Gasteiger partial charge in [-0.05, 0) is 25.3 Å². The number of hydrogen-bond donors (Lipinski definition) is 2. The molecule has 0 spiro atoms. The van der Waals surface area contributed by atoms with Gasteiger partial charge in [0.1, 0.15) is 0 Å². The largest absolute Gasteiger partial charge is 0.396 e. The Hall–Kier alpha value is -0.120. The zero-order valence-electron chi connectivity index (χ0n) is 7.00. The van der Waals surface area contributed by atoms with Crippen molar-refractivity contribution in [2.45, 2.75) is 12.8 Å². The molecule has 0 unspecified atom stereocenters. The lowest BCUT2D eigenvalue weighted by Gasteiger charge is -2.13. The van der Waals surface area contributed by atoms with E-state index in [0.29, 0.717) is 12.5 Å². The molecule has 3 nitrogen and oxygen atoms in total. The number of nitrogens with two attached hydrogens (primary N) is 1. The van der Waals surface area contributed by atoms with Gasteiger partial charge in [-0.25, -0.2) is 0 Å². The number of hydrogen-bond acceptors (Lipinski definition) is 3. The predicted molar refractivity (Wildman–Crippen MR) is 45.3 cm³/mol.